The quantitative estimate of drug-likeness (QED) is 0.142. The van der Waals surface area contributed by atoms with Crippen molar-refractivity contribution in [1.82, 2.24) is 0 Å². The lowest BCUT2D eigenvalue weighted by Crippen LogP contribution is -2.16. The molecule has 0 aliphatic rings. The van der Waals surface area contributed by atoms with Crippen LogP contribution in [-0.4, -0.2) is 8.07 Å². The second kappa shape index (κ2) is 14.8. The summed E-state index contributed by atoms with van der Waals surface area (Å²) in [6.07, 6.45) is 12.0. The van der Waals surface area contributed by atoms with Gasteiger partial charge in [-0.3, -0.25) is 0 Å². The number of hydrogen-bond donors (Lipinski definition) is 0. The minimum Gasteiger partial charge on any atom is -0.127 e. The van der Waals surface area contributed by atoms with Crippen molar-refractivity contribution in [2.45, 2.75) is 97.7 Å². The van der Waals surface area contributed by atoms with Crippen LogP contribution in [0.2, 0.25) is 19.6 Å². The summed E-state index contributed by atoms with van der Waals surface area (Å²) in [5, 5.41) is 0. The van der Waals surface area contributed by atoms with E-state index in [0.29, 0.717) is 0 Å². The van der Waals surface area contributed by atoms with Crippen molar-refractivity contribution < 1.29 is 0 Å². The fraction of sp³-hybridized carbons (Fsp3) is 0.556. The van der Waals surface area contributed by atoms with Crippen LogP contribution in [0.15, 0.2) is 12.1 Å². The lowest BCUT2D eigenvalue weighted by atomic mass is 10.0. The third-order valence-electron chi connectivity index (χ3n) is 4.44. The topological polar surface area (TPSA) is 0 Å². The van der Waals surface area contributed by atoms with Crippen LogP contribution in [0, 0.1) is 38.7 Å². The van der Waals surface area contributed by atoms with Crippen molar-refractivity contribution in [3.63, 3.8) is 0 Å². The molecule has 0 fully saturated rings. The highest BCUT2D eigenvalue weighted by Gasteiger charge is 2.09. The van der Waals surface area contributed by atoms with Gasteiger partial charge in [0.15, 0.2) is 0 Å². The van der Waals surface area contributed by atoms with E-state index in [1.54, 1.807) is 0 Å². The Hall–Kier alpha value is -1.15. The molecule has 1 aromatic rings. The van der Waals surface area contributed by atoms with Crippen LogP contribution in [-0.2, 0) is 0 Å². The minimum atomic E-state index is -1.42. The highest BCUT2D eigenvalue weighted by Crippen LogP contribution is 2.18. The van der Waals surface area contributed by atoms with Gasteiger partial charge in [-0.05, 0) is 47.6 Å². The van der Waals surface area contributed by atoms with Gasteiger partial charge < -0.3 is 0 Å². The maximum absolute atomic E-state index is 3.50. The van der Waals surface area contributed by atoms with Crippen LogP contribution in [0.4, 0.5) is 0 Å². The van der Waals surface area contributed by atoms with E-state index in [-0.39, 0.29) is 0 Å². The summed E-state index contributed by atoms with van der Waals surface area (Å²) in [6.45, 7) is 11.3. The molecule has 2 heteroatoms. The molecule has 0 nitrogen and oxygen atoms in total. The first-order valence-electron chi connectivity index (χ1n) is 11.2. The zero-order valence-corrected chi connectivity index (χ0v) is 22.3. The van der Waals surface area contributed by atoms with E-state index in [1.807, 2.05) is 0 Å². The molecule has 0 bridgehead atoms. The molecule has 0 saturated heterocycles. The highest BCUT2D eigenvalue weighted by molar-refractivity contribution is 14.1. The minimum absolute atomic E-state index is 0.964. The van der Waals surface area contributed by atoms with E-state index < -0.39 is 8.07 Å². The van der Waals surface area contributed by atoms with Crippen LogP contribution in [0.1, 0.15) is 94.7 Å². The molecule has 0 aromatic heterocycles. The monoisotopic (exact) mass is 516 g/mol. The number of hydrogen-bond acceptors (Lipinski definition) is 0. The second-order valence-electron chi connectivity index (χ2n) is 8.60. The molecular formula is C27H37ISi. The molecule has 29 heavy (non-hydrogen) atoms. The van der Waals surface area contributed by atoms with Gasteiger partial charge in [0, 0.05) is 33.1 Å². The molecule has 1 rings (SSSR count). The van der Waals surface area contributed by atoms with Gasteiger partial charge >= 0.3 is 0 Å². The van der Waals surface area contributed by atoms with Crippen LogP contribution in [0.3, 0.4) is 0 Å². The highest BCUT2D eigenvalue weighted by atomic mass is 127. The molecule has 0 N–H and O–H groups in total. The van der Waals surface area contributed by atoms with Gasteiger partial charge in [0.1, 0.15) is 8.07 Å². The summed E-state index contributed by atoms with van der Waals surface area (Å²) in [7, 11) is -1.42. The van der Waals surface area contributed by atoms with Gasteiger partial charge in [-0.25, -0.2) is 0 Å². The predicted octanol–water partition coefficient (Wildman–Crippen LogP) is 8.16. The van der Waals surface area contributed by atoms with Gasteiger partial charge in [-0.2, -0.15) is 0 Å². The molecule has 0 unspecified atom stereocenters. The lowest BCUT2D eigenvalue weighted by Gasteiger charge is -2.06. The van der Waals surface area contributed by atoms with Crippen molar-refractivity contribution >= 4 is 30.7 Å². The number of benzene rings is 1. The Morgan fingerprint density at radius 3 is 1.72 bits per heavy atom. The second-order valence-corrected chi connectivity index (χ2v) is 14.5. The van der Waals surface area contributed by atoms with E-state index in [0.717, 1.165) is 29.5 Å². The Labute approximate surface area is 195 Å². The average Bonchev–Trinajstić information content (AvgIpc) is 2.67. The van der Waals surface area contributed by atoms with Crippen molar-refractivity contribution in [2.24, 2.45) is 0 Å². The van der Waals surface area contributed by atoms with Crippen molar-refractivity contribution in [3.05, 3.63) is 32.4 Å². The fourth-order valence-electron chi connectivity index (χ4n) is 2.73. The predicted molar refractivity (Wildman–Crippen MR) is 141 cm³/mol. The van der Waals surface area contributed by atoms with E-state index >= 15 is 0 Å². The van der Waals surface area contributed by atoms with Crippen LogP contribution >= 0.6 is 22.6 Å². The summed E-state index contributed by atoms with van der Waals surface area (Å²) in [5.74, 6) is 17.0. The largest absolute Gasteiger partial charge is 0.129 e. The SMILES string of the molecule is CCCCCCC#Cc1cc(C#CCCCCCC)c(C#C[Si](C)(C)C)cc1I. The van der Waals surface area contributed by atoms with E-state index in [2.05, 4.69) is 103 Å². The molecule has 1 aromatic carbocycles. The zero-order chi connectivity index (χ0) is 21.5. The Balaban J connectivity index is 3.04. The number of halogens is 1. The first-order chi connectivity index (χ1) is 13.9. The number of unbranched alkanes of at least 4 members (excludes halogenated alkanes) is 8. The van der Waals surface area contributed by atoms with Gasteiger partial charge in [0.25, 0.3) is 0 Å². The number of rotatable bonds is 8. The first kappa shape index (κ1) is 25.9. The summed E-state index contributed by atoms with van der Waals surface area (Å²) >= 11 is 2.39. The Morgan fingerprint density at radius 2 is 1.21 bits per heavy atom. The maximum atomic E-state index is 3.50. The van der Waals surface area contributed by atoms with Gasteiger partial charge in [0.05, 0.1) is 0 Å². The molecule has 0 atom stereocenters. The van der Waals surface area contributed by atoms with E-state index in [1.165, 1.54) is 54.9 Å². The normalized spacial score (nSPS) is 10.3. The Kier molecular flexibility index (Phi) is 13.2. The van der Waals surface area contributed by atoms with Crippen molar-refractivity contribution in [1.29, 1.82) is 0 Å². The molecule has 0 spiro atoms. The molecule has 0 aliphatic carbocycles. The van der Waals surface area contributed by atoms with Crippen molar-refractivity contribution in [3.8, 4) is 35.1 Å². The molecule has 0 aliphatic heterocycles. The maximum Gasteiger partial charge on any atom is 0.129 e. The summed E-state index contributed by atoms with van der Waals surface area (Å²) in [5.41, 5.74) is 6.69. The summed E-state index contributed by atoms with van der Waals surface area (Å²) in [4.78, 5) is 0. The Morgan fingerprint density at radius 1 is 0.690 bits per heavy atom. The third kappa shape index (κ3) is 12.2. The van der Waals surface area contributed by atoms with Crippen molar-refractivity contribution in [2.75, 3.05) is 0 Å². The standard InChI is InChI=1S/C27H37ISi/c1-6-8-10-12-14-16-18-24-22-26(19-17-15-13-11-9-7-2)27(28)23-25(24)20-21-29(3,4)5/h22-23H,6-15H2,1-5H3. The van der Waals surface area contributed by atoms with Crippen LogP contribution in [0.25, 0.3) is 0 Å². The molecule has 0 radical (unpaired) electrons. The van der Waals surface area contributed by atoms with E-state index in [4.69, 9.17) is 0 Å². The van der Waals surface area contributed by atoms with Crippen LogP contribution in [0.5, 0.6) is 0 Å². The average molecular weight is 517 g/mol. The summed E-state index contributed by atoms with van der Waals surface area (Å²) < 4.78 is 1.18. The van der Waals surface area contributed by atoms with Gasteiger partial charge in [-0.1, -0.05) is 102 Å². The van der Waals surface area contributed by atoms with Gasteiger partial charge in [0.2, 0.25) is 0 Å². The smallest absolute Gasteiger partial charge is 0.127 e. The Bertz CT molecular complexity index is 810. The summed E-state index contributed by atoms with van der Waals surface area (Å²) in [6, 6.07) is 4.34. The third-order valence-corrected chi connectivity index (χ3v) is 6.20. The zero-order valence-electron chi connectivity index (χ0n) is 19.1. The van der Waals surface area contributed by atoms with Gasteiger partial charge in [-0.15, -0.1) is 5.54 Å². The molecule has 156 valence electrons. The molecule has 0 saturated carbocycles. The molecule has 0 amide bonds. The molecular weight excluding hydrogens is 479 g/mol. The fourth-order valence-corrected chi connectivity index (χ4v) is 3.84. The first-order valence-corrected chi connectivity index (χ1v) is 15.8. The van der Waals surface area contributed by atoms with E-state index in [9.17, 15) is 0 Å². The molecule has 0 heterocycles. The lowest BCUT2D eigenvalue weighted by molar-refractivity contribution is 0.679. The van der Waals surface area contributed by atoms with Crippen LogP contribution < -0.4 is 0 Å².